The summed E-state index contributed by atoms with van der Waals surface area (Å²) in [5, 5.41) is 0. The van der Waals surface area contributed by atoms with Crippen molar-refractivity contribution in [2.24, 2.45) is 11.8 Å². The van der Waals surface area contributed by atoms with Gasteiger partial charge in [-0.05, 0) is 37.8 Å². The Hall–Kier alpha value is -3.42. The first-order valence-electron chi connectivity index (χ1n) is 12.5. The summed E-state index contributed by atoms with van der Waals surface area (Å²) in [5.74, 6) is -1.19. The molecule has 0 radical (unpaired) electrons. The van der Waals surface area contributed by atoms with Crippen LogP contribution in [0.3, 0.4) is 0 Å². The van der Waals surface area contributed by atoms with E-state index < -0.39 is 29.7 Å². The van der Waals surface area contributed by atoms with Crippen LogP contribution in [0.2, 0.25) is 0 Å². The first-order valence-corrected chi connectivity index (χ1v) is 12.5. The van der Waals surface area contributed by atoms with Gasteiger partial charge in [0.15, 0.2) is 17.2 Å². The van der Waals surface area contributed by atoms with E-state index in [9.17, 15) is 14.4 Å². The third kappa shape index (κ3) is 7.29. The number of ketones is 1. The Morgan fingerprint density at radius 1 is 1.03 bits per heavy atom. The molecule has 1 aliphatic carbocycles. The SMILES string of the molecule is COc1ccnc(C(=O)C[C@@H](C)C(=O)O[C@H](C2CCCCC2)[C@H](C)Oc2ccccc2)c1OC(C)=O. The Balaban J connectivity index is 1.72. The summed E-state index contributed by atoms with van der Waals surface area (Å²) in [4.78, 5) is 41.8. The molecule has 0 amide bonds. The fourth-order valence-corrected chi connectivity index (χ4v) is 4.56. The van der Waals surface area contributed by atoms with Crippen LogP contribution in [0.15, 0.2) is 42.6 Å². The Labute approximate surface area is 212 Å². The number of carbonyl (C=O) groups is 3. The third-order valence-electron chi connectivity index (χ3n) is 6.39. The van der Waals surface area contributed by atoms with Gasteiger partial charge in [-0.1, -0.05) is 44.4 Å². The number of hydrogen-bond acceptors (Lipinski definition) is 8. The van der Waals surface area contributed by atoms with Crippen molar-refractivity contribution in [2.75, 3.05) is 7.11 Å². The highest BCUT2D eigenvalue weighted by molar-refractivity contribution is 5.99. The lowest BCUT2D eigenvalue weighted by Crippen LogP contribution is -2.41. The minimum absolute atomic E-state index is 0.0527. The summed E-state index contributed by atoms with van der Waals surface area (Å²) in [6.45, 7) is 4.79. The van der Waals surface area contributed by atoms with Crippen LogP contribution in [-0.4, -0.2) is 42.0 Å². The Kier molecular flexibility index (Phi) is 9.85. The first-order chi connectivity index (χ1) is 17.3. The van der Waals surface area contributed by atoms with Crippen molar-refractivity contribution in [3.8, 4) is 17.2 Å². The normalized spacial score (nSPS) is 16.3. The highest BCUT2D eigenvalue weighted by atomic mass is 16.6. The molecule has 1 saturated carbocycles. The topological polar surface area (TPSA) is 101 Å². The minimum atomic E-state index is -0.731. The molecule has 8 heteroatoms. The molecule has 0 saturated heterocycles. The predicted octanol–water partition coefficient (Wildman–Crippen LogP) is 5.18. The monoisotopic (exact) mass is 497 g/mol. The molecule has 0 unspecified atom stereocenters. The smallest absolute Gasteiger partial charge is 0.309 e. The van der Waals surface area contributed by atoms with E-state index in [2.05, 4.69) is 4.98 Å². The maximum Gasteiger partial charge on any atom is 0.309 e. The second-order valence-electron chi connectivity index (χ2n) is 9.25. The maximum atomic E-state index is 13.1. The highest BCUT2D eigenvalue weighted by Gasteiger charge is 2.35. The number of methoxy groups -OCH3 is 1. The Morgan fingerprint density at radius 2 is 1.72 bits per heavy atom. The molecular weight excluding hydrogens is 462 g/mol. The lowest BCUT2D eigenvalue weighted by atomic mass is 9.83. The van der Waals surface area contributed by atoms with Gasteiger partial charge in [-0.2, -0.15) is 0 Å². The van der Waals surface area contributed by atoms with Gasteiger partial charge in [-0.25, -0.2) is 4.98 Å². The minimum Gasteiger partial charge on any atom is -0.493 e. The van der Waals surface area contributed by atoms with E-state index in [1.165, 1.54) is 32.7 Å². The van der Waals surface area contributed by atoms with E-state index >= 15 is 0 Å². The maximum absolute atomic E-state index is 13.1. The number of benzene rings is 1. The number of pyridine rings is 1. The molecule has 194 valence electrons. The van der Waals surface area contributed by atoms with Crippen LogP contribution in [0.4, 0.5) is 0 Å². The van der Waals surface area contributed by atoms with Crippen LogP contribution in [0, 0.1) is 11.8 Å². The van der Waals surface area contributed by atoms with Gasteiger partial charge < -0.3 is 18.9 Å². The number of hydrogen-bond donors (Lipinski definition) is 0. The lowest BCUT2D eigenvalue weighted by molar-refractivity contribution is -0.163. The molecule has 1 fully saturated rings. The largest absolute Gasteiger partial charge is 0.493 e. The molecule has 0 N–H and O–H groups in total. The van der Waals surface area contributed by atoms with Gasteiger partial charge in [0.25, 0.3) is 0 Å². The predicted molar refractivity (Wildman–Crippen MR) is 133 cm³/mol. The van der Waals surface area contributed by atoms with E-state index in [1.54, 1.807) is 6.92 Å². The lowest BCUT2D eigenvalue weighted by Gasteiger charge is -2.34. The van der Waals surface area contributed by atoms with Gasteiger partial charge in [0.1, 0.15) is 18.0 Å². The molecule has 2 aromatic rings. The van der Waals surface area contributed by atoms with Crippen molar-refractivity contribution in [1.82, 2.24) is 4.98 Å². The van der Waals surface area contributed by atoms with Crippen molar-refractivity contribution < 1.29 is 33.3 Å². The van der Waals surface area contributed by atoms with E-state index in [0.717, 1.165) is 25.7 Å². The second kappa shape index (κ2) is 13.0. The van der Waals surface area contributed by atoms with Gasteiger partial charge in [0.05, 0.1) is 13.0 Å². The van der Waals surface area contributed by atoms with E-state index in [4.69, 9.17) is 18.9 Å². The number of rotatable bonds is 11. The van der Waals surface area contributed by atoms with Gasteiger partial charge in [0.2, 0.25) is 5.75 Å². The van der Waals surface area contributed by atoms with Gasteiger partial charge in [-0.15, -0.1) is 0 Å². The van der Waals surface area contributed by atoms with Crippen molar-refractivity contribution in [3.63, 3.8) is 0 Å². The molecule has 8 nitrogen and oxygen atoms in total. The van der Waals surface area contributed by atoms with Crippen molar-refractivity contribution in [2.45, 2.75) is 71.5 Å². The van der Waals surface area contributed by atoms with Crippen molar-refractivity contribution >= 4 is 17.7 Å². The Morgan fingerprint density at radius 3 is 2.36 bits per heavy atom. The second-order valence-corrected chi connectivity index (χ2v) is 9.25. The molecule has 36 heavy (non-hydrogen) atoms. The summed E-state index contributed by atoms with van der Waals surface area (Å²) in [7, 11) is 1.40. The Bertz CT molecular complexity index is 1030. The number of esters is 2. The first kappa shape index (κ1) is 27.2. The summed E-state index contributed by atoms with van der Waals surface area (Å²) in [5.41, 5.74) is -0.0613. The molecule has 1 aliphatic rings. The number of para-hydroxylation sites is 1. The van der Waals surface area contributed by atoms with Crippen LogP contribution in [0.1, 0.15) is 69.8 Å². The molecule has 1 heterocycles. The van der Waals surface area contributed by atoms with E-state index in [0.29, 0.717) is 5.75 Å². The van der Waals surface area contributed by atoms with Gasteiger partial charge in [0, 0.05) is 25.6 Å². The van der Waals surface area contributed by atoms with E-state index in [-0.39, 0.29) is 35.6 Å². The number of Topliss-reactive ketones (excluding diaryl/α,β-unsaturated/α-hetero) is 1. The molecule has 0 aliphatic heterocycles. The van der Waals surface area contributed by atoms with Crippen molar-refractivity contribution in [1.29, 1.82) is 0 Å². The summed E-state index contributed by atoms with van der Waals surface area (Å²) >= 11 is 0. The zero-order valence-electron chi connectivity index (χ0n) is 21.4. The quantitative estimate of drug-likeness (QED) is 0.309. The molecule has 0 bridgehead atoms. The molecule has 1 aromatic heterocycles. The third-order valence-corrected chi connectivity index (χ3v) is 6.39. The van der Waals surface area contributed by atoms with Gasteiger partial charge in [-0.3, -0.25) is 14.4 Å². The highest BCUT2D eigenvalue weighted by Crippen LogP contribution is 2.33. The molecule has 0 spiro atoms. The number of ether oxygens (including phenoxy) is 4. The number of nitrogens with zero attached hydrogens (tertiary/aromatic N) is 1. The molecule has 3 atom stereocenters. The molecule has 1 aromatic carbocycles. The van der Waals surface area contributed by atoms with Gasteiger partial charge >= 0.3 is 11.9 Å². The average molecular weight is 498 g/mol. The summed E-state index contributed by atoms with van der Waals surface area (Å²) in [6, 6.07) is 11.0. The molecular formula is C28H35NO7. The van der Waals surface area contributed by atoms with Crippen LogP contribution in [0.5, 0.6) is 17.2 Å². The zero-order valence-corrected chi connectivity index (χ0v) is 21.4. The zero-order chi connectivity index (χ0) is 26.1. The number of carbonyl (C=O) groups excluding carboxylic acids is 3. The summed E-state index contributed by atoms with van der Waals surface area (Å²) < 4.78 is 22.5. The fourth-order valence-electron chi connectivity index (χ4n) is 4.56. The van der Waals surface area contributed by atoms with Crippen molar-refractivity contribution in [3.05, 3.63) is 48.3 Å². The molecule has 3 rings (SSSR count). The van der Waals surface area contributed by atoms with Crippen LogP contribution in [-0.2, 0) is 14.3 Å². The van der Waals surface area contributed by atoms with E-state index in [1.807, 2.05) is 37.3 Å². The number of aromatic nitrogens is 1. The summed E-state index contributed by atoms with van der Waals surface area (Å²) in [6.07, 6.45) is 5.74. The van der Waals surface area contributed by atoms with Crippen LogP contribution < -0.4 is 14.2 Å². The standard InChI is InChI=1S/C28H35NO7/c1-18(17-23(31)25-27(35-20(3)30)24(33-4)15-16-29-25)28(32)36-26(21-11-7-5-8-12-21)19(2)34-22-13-9-6-10-14-22/h6,9-10,13-16,18-19,21,26H,5,7-8,11-12,17H2,1-4H3/t18-,19+,26+/m1/s1. The fraction of sp³-hybridized carbons (Fsp3) is 0.500. The average Bonchev–Trinajstić information content (AvgIpc) is 2.87. The van der Waals surface area contributed by atoms with Crippen LogP contribution in [0.25, 0.3) is 0 Å². The van der Waals surface area contributed by atoms with Crippen LogP contribution >= 0.6 is 0 Å².